The molecule has 64 valence electrons. The second-order valence-corrected chi connectivity index (χ2v) is 2.14. The maximum Gasteiger partial charge on any atom is 0.224 e. The van der Waals surface area contributed by atoms with E-state index in [2.05, 4.69) is 4.98 Å². The SMILES string of the molecule is CCOc1c(C=O)[nH]ccc1=O. The number of carbonyl (C=O) groups is 1. The van der Waals surface area contributed by atoms with Gasteiger partial charge in [0.15, 0.2) is 12.0 Å². The smallest absolute Gasteiger partial charge is 0.224 e. The van der Waals surface area contributed by atoms with Crippen LogP contribution in [-0.4, -0.2) is 17.9 Å². The summed E-state index contributed by atoms with van der Waals surface area (Å²) < 4.78 is 4.98. The summed E-state index contributed by atoms with van der Waals surface area (Å²) in [5, 5.41) is 0. The molecular formula is C8H9NO3. The lowest BCUT2D eigenvalue weighted by molar-refractivity contribution is 0.111. The summed E-state index contributed by atoms with van der Waals surface area (Å²) >= 11 is 0. The van der Waals surface area contributed by atoms with Crippen molar-refractivity contribution in [2.75, 3.05) is 6.61 Å². The maximum absolute atomic E-state index is 11.1. The molecule has 0 aliphatic carbocycles. The minimum Gasteiger partial charge on any atom is -0.488 e. The van der Waals surface area contributed by atoms with Gasteiger partial charge in [0, 0.05) is 12.3 Å². The summed E-state index contributed by atoms with van der Waals surface area (Å²) in [6.45, 7) is 2.12. The summed E-state index contributed by atoms with van der Waals surface area (Å²) in [4.78, 5) is 24.1. The number of aldehydes is 1. The molecular weight excluding hydrogens is 158 g/mol. The predicted molar refractivity (Wildman–Crippen MR) is 43.6 cm³/mol. The van der Waals surface area contributed by atoms with Gasteiger partial charge in [0.2, 0.25) is 5.43 Å². The molecule has 1 aromatic heterocycles. The van der Waals surface area contributed by atoms with E-state index in [0.29, 0.717) is 12.9 Å². The van der Waals surface area contributed by atoms with E-state index in [1.165, 1.54) is 12.3 Å². The molecule has 0 bridgehead atoms. The highest BCUT2D eigenvalue weighted by Crippen LogP contribution is 2.05. The molecule has 0 atom stereocenters. The lowest BCUT2D eigenvalue weighted by Gasteiger charge is -2.02. The molecule has 0 spiro atoms. The molecule has 12 heavy (non-hydrogen) atoms. The summed E-state index contributed by atoms with van der Waals surface area (Å²) in [5.41, 5.74) is -0.0953. The van der Waals surface area contributed by atoms with Gasteiger partial charge in [0.1, 0.15) is 5.69 Å². The number of aromatic nitrogens is 1. The third-order valence-corrected chi connectivity index (χ3v) is 1.35. The molecule has 4 nitrogen and oxygen atoms in total. The van der Waals surface area contributed by atoms with Crippen LogP contribution in [0.5, 0.6) is 5.75 Å². The zero-order chi connectivity index (χ0) is 8.97. The molecule has 0 aliphatic heterocycles. The van der Waals surface area contributed by atoms with Gasteiger partial charge in [-0.2, -0.15) is 0 Å². The molecule has 0 saturated carbocycles. The fraction of sp³-hybridized carbons (Fsp3) is 0.250. The number of pyridine rings is 1. The van der Waals surface area contributed by atoms with Crippen LogP contribution in [0.2, 0.25) is 0 Å². The quantitative estimate of drug-likeness (QED) is 0.670. The number of hydrogen-bond acceptors (Lipinski definition) is 3. The standard InChI is InChI=1S/C8H9NO3/c1-2-12-8-6(5-10)9-4-3-7(8)11/h3-5H,2H2,1H3,(H,9,11). The Morgan fingerprint density at radius 1 is 1.67 bits per heavy atom. The van der Waals surface area contributed by atoms with Crippen LogP contribution < -0.4 is 10.2 Å². The highest BCUT2D eigenvalue weighted by atomic mass is 16.5. The van der Waals surface area contributed by atoms with E-state index in [1.807, 2.05) is 0 Å². The molecule has 1 heterocycles. The largest absolute Gasteiger partial charge is 0.488 e. The number of ether oxygens (including phenoxy) is 1. The zero-order valence-electron chi connectivity index (χ0n) is 6.66. The normalized spacial score (nSPS) is 9.42. The van der Waals surface area contributed by atoms with Gasteiger partial charge in [-0.05, 0) is 6.92 Å². The zero-order valence-corrected chi connectivity index (χ0v) is 6.66. The molecule has 0 aromatic carbocycles. The van der Waals surface area contributed by atoms with Crippen LogP contribution in [0.3, 0.4) is 0 Å². The second-order valence-electron chi connectivity index (χ2n) is 2.14. The van der Waals surface area contributed by atoms with Crippen molar-refractivity contribution in [2.45, 2.75) is 6.92 Å². The van der Waals surface area contributed by atoms with Crippen LogP contribution in [0.1, 0.15) is 17.4 Å². The maximum atomic E-state index is 11.1. The minimum absolute atomic E-state index is 0.0926. The Kier molecular flexibility index (Phi) is 2.63. The van der Waals surface area contributed by atoms with Crippen LogP contribution in [-0.2, 0) is 0 Å². The first kappa shape index (κ1) is 8.52. The van der Waals surface area contributed by atoms with Gasteiger partial charge in [-0.1, -0.05) is 0 Å². The molecule has 1 aromatic rings. The number of rotatable bonds is 3. The third kappa shape index (κ3) is 1.53. The van der Waals surface area contributed by atoms with Gasteiger partial charge in [-0.25, -0.2) is 0 Å². The average Bonchev–Trinajstić information content (AvgIpc) is 2.09. The Hall–Kier alpha value is -1.58. The van der Waals surface area contributed by atoms with Crippen molar-refractivity contribution in [1.82, 2.24) is 4.98 Å². The van der Waals surface area contributed by atoms with Crippen molar-refractivity contribution in [3.8, 4) is 5.75 Å². The highest BCUT2D eigenvalue weighted by molar-refractivity contribution is 5.75. The van der Waals surface area contributed by atoms with Gasteiger partial charge in [-0.3, -0.25) is 9.59 Å². The van der Waals surface area contributed by atoms with Gasteiger partial charge < -0.3 is 9.72 Å². The fourth-order valence-electron chi connectivity index (χ4n) is 0.862. The molecule has 1 rings (SSSR count). The van der Waals surface area contributed by atoms with Crippen molar-refractivity contribution in [3.63, 3.8) is 0 Å². The van der Waals surface area contributed by atoms with E-state index in [9.17, 15) is 9.59 Å². The first-order valence-corrected chi connectivity index (χ1v) is 3.59. The molecule has 0 unspecified atom stereocenters. The van der Waals surface area contributed by atoms with Gasteiger partial charge in [0.25, 0.3) is 0 Å². The van der Waals surface area contributed by atoms with Gasteiger partial charge >= 0.3 is 0 Å². The van der Waals surface area contributed by atoms with Crippen LogP contribution in [0.25, 0.3) is 0 Å². The van der Waals surface area contributed by atoms with E-state index in [4.69, 9.17) is 4.74 Å². The van der Waals surface area contributed by atoms with Crippen molar-refractivity contribution in [1.29, 1.82) is 0 Å². The molecule has 0 fully saturated rings. The first-order chi connectivity index (χ1) is 5.79. The van der Waals surface area contributed by atoms with Crippen LogP contribution in [0, 0.1) is 0 Å². The van der Waals surface area contributed by atoms with Crippen LogP contribution in [0.15, 0.2) is 17.1 Å². The summed E-state index contributed by atoms with van der Waals surface area (Å²) in [7, 11) is 0. The molecule has 0 saturated heterocycles. The Labute approximate surface area is 69.2 Å². The number of H-pyrrole nitrogens is 1. The van der Waals surface area contributed by atoms with E-state index < -0.39 is 0 Å². The van der Waals surface area contributed by atoms with E-state index in [0.717, 1.165) is 0 Å². The molecule has 4 heteroatoms. The first-order valence-electron chi connectivity index (χ1n) is 3.59. The summed E-state index contributed by atoms with van der Waals surface area (Å²) in [6, 6.07) is 1.32. The van der Waals surface area contributed by atoms with E-state index in [1.54, 1.807) is 6.92 Å². The molecule has 0 amide bonds. The van der Waals surface area contributed by atoms with Crippen LogP contribution in [0.4, 0.5) is 0 Å². The summed E-state index contributed by atoms with van der Waals surface area (Å²) in [6.07, 6.45) is 1.97. The third-order valence-electron chi connectivity index (χ3n) is 1.35. The molecule has 1 N–H and O–H groups in total. The Morgan fingerprint density at radius 3 is 3.00 bits per heavy atom. The van der Waals surface area contributed by atoms with Crippen molar-refractivity contribution in [3.05, 3.63) is 28.2 Å². The predicted octanol–water partition coefficient (Wildman–Crippen LogP) is 0.586. The number of hydrogen-bond donors (Lipinski definition) is 1. The Morgan fingerprint density at radius 2 is 2.42 bits per heavy atom. The van der Waals surface area contributed by atoms with Crippen molar-refractivity contribution >= 4 is 6.29 Å². The lowest BCUT2D eigenvalue weighted by Crippen LogP contribution is -2.10. The number of aromatic amines is 1. The topological polar surface area (TPSA) is 59.2 Å². The number of nitrogens with one attached hydrogen (secondary N) is 1. The van der Waals surface area contributed by atoms with Gasteiger partial charge in [0.05, 0.1) is 6.61 Å². The van der Waals surface area contributed by atoms with Crippen LogP contribution >= 0.6 is 0 Å². The monoisotopic (exact) mass is 167 g/mol. The fourth-order valence-corrected chi connectivity index (χ4v) is 0.862. The Bertz CT molecular complexity index is 329. The molecule has 0 aliphatic rings. The number of carbonyl (C=O) groups excluding carboxylic acids is 1. The van der Waals surface area contributed by atoms with Crippen molar-refractivity contribution in [2.24, 2.45) is 0 Å². The van der Waals surface area contributed by atoms with Gasteiger partial charge in [-0.15, -0.1) is 0 Å². The minimum atomic E-state index is -0.280. The lowest BCUT2D eigenvalue weighted by atomic mass is 10.3. The van der Waals surface area contributed by atoms with E-state index in [-0.39, 0.29) is 16.9 Å². The Balaban J connectivity index is 3.19. The summed E-state index contributed by atoms with van der Waals surface area (Å²) in [5.74, 6) is 0.0926. The van der Waals surface area contributed by atoms with E-state index >= 15 is 0 Å². The molecule has 0 radical (unpaired) electrons. The van der Waals surface area contributed by atoms with Crippen molar-refractivity contribution < 1.29 is 9.53 Å². The highest BCUT2D eigenvalue weighted by Gasteiger charge is 2.05. The second kappa shape index (κ2) is 3.71. The average molecular weight is 167 g/mol.